The van der Waals surface area contributed by atoms with E-state index in [1.807, 2.05) is 6.20 Å². The van der Waals surface area contributed by atoms with E-state index in [0.717, 1.165) is 18.8 Å². The second-order valence-corrected chi connectivity index (χ2v) is 3.66. The molecule has 0 amide bonds. The standard InChI is InChI=1S/C11H12N4/c1-2-8-4-12-7-10(8)11(3-1)15-9-5-13-14-6-9/h1-3,5-6,12,15H,4,7H2,(H,13,14). The van der Waals surface area contributed by atoms with E-state index in [0.29, 0.717) is 0 Å². The fourth-order valence-electron chi connectivity index (χ4n) is 1.92. The van der Waals surface area contributed by atoms with Crippen molar-refractivity contribution < 1.29 is 0 Å². The highest BCUT2D eigenvalue weighted by atomic mass is 15.1. The summed E-state index contributed by atoms with van der Waals surface area (Å²) in [7, 11) is 0. The van der Waals surface area contributed by atoms with Crippen molar-refractivity contribution in [3.63, 3.8) is 0 Å². The van der Waals surface area contributed by atoms with Crippen molar-refractivity contribution >= 4 is 11.4 Å². The molecule has 1 aliphatic heterocycles. The van der Waals surface area contributed by atoms with Gasteiger partial charge >= 0.3 is 0 Å². The molecule has 0 radical (unpaired) electrons. The summed E-state index contributed by atoms with van der Waals surface area (Å²) in [5.41, 5.74) is 4.90. The number of hydrogen-bond donors (Lipinski definition) is 3. The molecule has 76 valence electrons. The summed E-state index contributed by atoms with van der Waals surface area (Å²) < 4.78 is 0. The van der Waals surface area contributed by atoms with Gasteiger partial charge in [0.2, 0.25) is 0 Å². The fourth-order valence-corrected chi connectivity index (χ4v) is 1.92. The van der Waals surface area contributed by atoms with E-state index in [1.54, 1.807) is 6.20 Å². The van der Waals surface area contributed by atoms with Crippen LogP contribution in [0.4, 0.5) is 11.4 Å². The fraction of sp³-hybridized carbons (Fsp3) is 0.182. The number of nitrogens with zero attached hydrogens (tertiary/aromatic N) is 1. The molecule has 2 heterocycles. The monoisotopic (exact) mass is 200 g/mol. The molecule has 0 unspecified atom stereocenters. The van der Waals surface area contributed by atoms with Gasteiger partial charge in [0.1, 0.15) is 0 Å². The summed E-state index contributed by atoms with van der Waals surface area (Å²) in [6.07, 6.45) is 3.63. The van der Waals surface area contributed by atoms with Gasteiger partial charge in [0.15, 0.2) is 0 Å². The van der Waals surface area contributed by atoms with Crippen LogP contribution in [-0.4, -0.2) is 10.2 Å². The van der Waals surface area contributed by atoms with E-state index in [2.05, 4.69) is 39.0 Å². The van der Waals surface area contributed by atoms with Gasteiger partial charge in [-0.3, -0.25) is 5.10 Å². The van der Waals surface area contributed by atoms with Crippen molar-refractivity contribution in [2.24, 2.45) is 0 Å². The number of rotatable bonds is 2. The van der Waals surface area contributed by atoms with Gasteiger partial charge in [-0.15, -0.1) is 0 Å². The Balaban J connectivity index is 1.96. The highest BCUT2D eigenvalue weighted by Gasteiger charge is 2.13. The molecule has 0 spiro atoms. The minimum atomic E-state index is 0.941. The highest BCUT2D eigenvalue weighted by Crippen LogP contribution is 2.26. The lowest BCUT2D eigenvalue weighted by Crippen LogP contribution is -2.01. The molecule has 0 aliphatic carbocycles. The molecule has 3 N–H and O–H groups in total. The number of aromatic amines is 1. The molecule has 15 heavy (non-hydrogen) atoms. The molecule has 1 aromatic heterocycles. The number of H-pyrrole nitrogens is 1. The Morgan fingerprint density at radius 3 is 3.13 bits per heavy atom. The number of nitrogens with one attached hydrogen (secondary N) is 3. The third-order valence-electron chi connectivity index (χ3n) is 2.67. The number of aromatic nitrogens is 2. The third kappa shape index (κ3) is 1.49. The summed E-state index contributed by atoms with van der Waals surface area (Å²) in [5, 5.41) is 13.4. The Labute approximate surface area is 87.7 Å². The molecular weight excluding hydrogens is 188 g/mol. The molecule has 0 saturated heterocycles. The maximum Gasteiger partial charge on any atom is 0.0767 e. The molecule has 2 aromatic rings. The van der Waals surface area contributed by atoms with E-state index < -0.39 is 0 Å². The second kappa shape index (κ2) is 3.40. The average molecular weight is 200 g/mol. The normalized spacial score (nSPS) is 13.9. The van der Waals surface area contributed by atoms with Crippen molar-refractivity contribution in [3.05, 3.63) is 41.7 Å². The van der Waals surface area contributed by atoms with Crippen molar-refractivity contribution in [1.82, 2.24) is 15.5 Å². The van der Waals surface area contributed by atoms with Gasteiger partial charge in [-0.2, -0.15) is 5.10 Å². The van der Waals surface area contributed by atoms with Crippen LogP contribution < -0.4 is 10.6 Å². The van der Waals surface area contributed by atoms with Gasteiger partial charge in [0, 0.05) is 25.0 Å². The van der Waals surface area contributed by atoms with Crippen molar-refractivity contribution in [3.8, 4) is 0 Å². The number of anilines is 2. The Bertz CT molecular complexity index is 461. The first-order chi connectivity index (χ1) is 7.43. The van der Waals surface area contributed by atoms with Gasteiger partial charge in [0.25, 0.3) is 0 Å². The summed E-state index contributed by atoms with van der Waals surface area (Å²) >= 11 is 0. The third-order valence-corrected chi connectivity index (χ3v) is 2.67. The van der Waals surface area contributed by atoms with E-state index >= 15 is 0 Å². The SMILES string of the molecule is c1cc2c(c(Nc3cn[nH]c3)c1)CNC2. The zero-order valence-corrected chi connectivity index (χ0v) is 8.25. The van der Waals surface area contributed by atoms with Crippen LogP contribution in [0.2, 0.25) is 0 Å². The first kappa shape index (κ1) is 8.49. The first-order valence-electron chi connectivity index (χ1n) is 5.01. The van der Waals surface area contributed by atoms with Gasteiger partial charge in [-0.05, 0) is 17.2 Å². The Morgan fingerprint density at radius 2 is 2.27 bits per heavy atom. The van der Waals surface area contributed by atoms with E-state index in [1.165, 1.54) is 16.8 Å². The van der Waals surface area contributed by atoms with Crippen LogP contribution in [0.15, 0.2) is 30.6 Å². The smallest absolute Gasteiger partial charge is 0.0767 e. The van der Waals surface area contributed by atoms with Crippen LogP contribution in [0.25, 0.3) is 0 Å². The molecule has 0 saturated carbocycles. The zero-order chi connectivity index (χ0) is 10.1. The van der Waals surface area contributed by atoms with Crippen LogP contribution in [-0.2, 0) is 13.1 Å². The van der Waals surface area contributed by atoms with Crippen molar-refractivity contribution in [1.29, 1.82) is 0 Å². The number of hydrogen-bond acceptors (Lipinski definition) is 3. The van der Waals surface area contributed by atoms with E-state index in [9.17, 15) is 0 Å². The maximum absolute atomic E-state index is 3.91. The van der Waals surface area contributed by atoms with Crippen LogP contribution in [0.3, 0.4) is 0 Å². The minimum Gasteiger partial charge on any atom is -0.353 e. The molecule has 4 heteroatoms. The molecule has 0 fully saturated rings. The predicted molar refractivity (Wildman–Crippen MR) is 58.9 cm³/mol. The minimum absolute atomic E-state index is 0.941. The molecule has 1 aliphatic rings. The van der Waals surface area contributed by atoms with Gasteiger partial charge in [0.05, 0.1) is 11.9 Å². The van der Waals surface area contributed by atoms with Crippen LogP contribution in [0.5, 0.6) is 0 Å². The molecular formula is C11H12N4. The quantitative estimate of drug-likeness (QED) is 0.692. The van der Waals surface area contributed by atoms with Crippen LogP contribution in [0.1, 0.15) is 11.1 Å². The van der Waals surface area contributed by atoms with E-state index in [4.69, 9.17) is 0 Å². The topological polar surface area (TPSA) is 52.7 Å². The lowest BCUT2D eigenvalue weighted by atomic mass is 10.1. The lowest BCUT2D eigenvalue weighted by Gasteiger charge is -2.08. The predicted octanol–water partition coefficient (Wildman–Crippen LogP) is 1.76. The molecule has 0 atom stereocenters. The first-order valence-corrected chi connectivity index (χ1v) is 5.01. The number of fused-ring (bicyclic) bond motifs is 1. The van der Waals surface area contributed by atoms with Crippen LogP contribution in [0, 0.1) is 0 Å². The number of benzene rings is 1. The van der Waals surface area contributed by atoms with Crippen molar-refractivity contribution in [2.75, 3.05) is 5.32 Å². The van der Waals surface area contributed by atoms with Gasteiger partial charge in [-0.25, -0.2) is 0 Å². The maximum atomic E-state index is 3.91. The van der Waals surface area contributed by atoms with Crippen molar-refractivity contribution in [2.45, 2.75) is 13.1 Å². The van der Waals surface area contributed by atoms with Gasteiger partial charge in [-0.1, -0.05) is 12.1 Å². The lowest BCUT2D eigenvalue weighted by molar-refractivity contribution is 0.765. The Morgan fingerprint density at radius 1 is 1.27 bits per heavy atom. The molecule has 4 nitrogen and oxygen atoms in total. The molecule has 3 rings (SSSR count). The highest BCUT2D eigenvalue weighted by molar-refractivity contribution is 5.64. The van der Waals surface area contributed by atoms with Gasteiger partial charge < -0.3 is 10.6 Å². The summed E-state index contributed by atoms with van der Waals surface area (Å²) in [4.78, 5) is 0. The Kier molecular flexibility index (Phi) is 1.93. The van der Waals surface area contributed by atoms with Crippen LogP contribution >= 0.6 is 0 Å². The summed E-state index contributed by atoms with van der Waals surface area (Å²) in [6, 6.07) is 6.34. The largest absolute Gasteiger partial charge is 0.353 e. The molecule has 0 bridgehead atoms. The summed E-state index contributed by atoms with van der Waals surface area (Å²) in [6.45, 7) is 1.91. The second-order valence-electron chi connectivity index (χ2n) is 3.66. The zero-order valence-electron chi connectivity index (χ0n) is 8.25. The Hall–Kier alpha value is -1.81. The molecule has 1 aromatic carbocycles. The summed E-state index contributed by atoms with van der Waals surface area (Å²) in [5.74, 6) is 0. The average Bonchev–Trinajstić information content (AvgIpc) is 2.87. The van der Waals surface area contributed by atoms with E-state index in [-0.39, 0.29) is 0 Å².